The van der Waals surface area contributed by atoms with E-state index in [1.54, 1.807) is 0 Å². The van der Waals surface area contributed by atoms with E-state index in [0.717, 1.165) is 12.8 Å². The minimum Gasteiger partial charge on any atom is -0.355 e. The smallest absolute Gasteiger partial charge is 0.220 e. The maximum atomic E-state index is 12.0. The third-order valence-corrected chi connectivity index (χ3v) is 4.64. The molecule has 0 spiro atoms. The van der Waals surface area contributed by atoms with Crippen molar-refractivity contribution in [2.24, 2.45) is 5.41 Å². The van der Waals surface area contributed by atoms with Crippen molar-refractivity contribution in [3.8, 4) is 0 Å². The van der Waals surface area contributed by atoms with Crippen molar-refractivity contribution in [2.75, 3.05) is 12.3 Å². The Labute approximate surface area is 127 Å². The monoisotopic (exact) mass is 291 g/mol. The minimum atomic E-state index is 0.203. The largest absolute Gasteiger partial charge is 0.355 e. The zero-order valence-electron chi connectivity index (χ0n) is 12.1. The first-order valence-electron chi connectivity index (χ1n) is 7.66. The highest BCUT2D eigenvalue weighted by atomic mass is 32.1. The Balaban J connectivity index is 1.90. The number of benzene rings is 1. The molecule has 0 saturated heterocycles. The van der Waals surface area contributed by atoms with Crippen LogP contribution < -0.4 is 5.32 Å². The molecule has 0 unspecified atom stereocenters. The molecular formula is C17H25NOS. The maximum Gasteiger partial charge on any atom is 0.220 e. The Hall–Kier alpha value is -0.960. The molecule has 1 amide bonds. The van der Waals surface area contributed by atoms with E-state index in [1.165, 1.54) is 31.2 Å². The quantitative estimate of drug-likeness (QED) is 0.738. The van der Waals surface area contributed by atoms with Gasteiger partial charge in [-0.2, -0.15) is 12.6 Å². The van der Waals surface area contributed by atoms with E-state index >= 15 is 0 Å². The molecule has 1 fully saturated rings. The van der Waals surface area contributed by atoms with E-state index in [9.17, 15) is 4.79 Å². The second kappa shape index (κ2) is 7.72. The normalized spacial score (nSPS) is 17.1. The molecule has 2 rings (SSSR count). The first-order chi connectivity index (χ1) is 9.74. The van der Waals surface area contributed by atoms with Crippen molar-refractivity contribution < 1.29 is 4.79 Å². The summed E-state index contributed by atoms with van der Waals surface area (Å²) in [6.07, 6.45) is 7.85. The third kappa shape index (κ3) is 4.55. The Morgan fingerprint density at radius 3 is 2.55 bits per heavy atom. The van der Waals surface area contributed by atoms with Crippen LogP contribution in [0.1, 0.15) is 44.1 Å². The molecule has 3 heteroatoms. The predicted octanol–water partition coefficient (Wildman–Crippen LogP) is 3.62. The van der Waals surface area contributed by atoms with Gasteiger partial charge in [0.25, 0.3) is 0 Å². The average molecular weight is 291 g/mol. The van der Waals surface area contributed by atoms with Crippen molar-refractivity contribution in [2.45, 2.75) is 44.9 Å². The van der Waals surface area contributed by atoms with Gasteiger partial charge in [0, 0.05) is 18.7 Å². The summed E-state index contributed by atoms with van der Waals surface area (Å²) in [4.78, 5) is 12.0. The van der Waals surface area contributed by atoms with Crippen LogP contribution in [0.25, 0.3) is 0 Å². The number of carbonyl (C=O) groups excluding carboxylic acids is 1. The van der Waals surface area contributed by atoms with Crippen LogP contribution in [-0.4, -0.2) is 18.2 Å². The first-order valence-corrected chi connectivity index (χ1v) is 8.29. The number of carbonyl (C=O) groups is 1. The number of rotatable bonds is 7. The topological polar surface area (TPSA) is 29.1 Å². The molecule has 1 aromatic carbocycles. The summed E-state index contributed by atoms with van der Waals surface area (Å²) in [6, 6.07) is 10.6. The van der Waals surface area contributed by atoms with Crippen molar-refractivity contribution in [3.63, 3.8) is 0 Å². The lowest BCUT2D eigenvalue weighted by Crippen LogP contribution is -2.32. The van der Waals surface area contributed by atoms with Crippen LogP contribution in [0, 0.1) is 5.41 Å². The Morgan fingerprint density at radius 2 is 1.90 bits per heavy atom. The van der Waals surface area contributed by atoms with Gasteiger partial charge in [-0.3, -0.25) is 4.79 Å². The molecule has 1 N–H and O–H groups in total. The van der Waals surface area contributed by atoms with Crippen LogP contribution >= 0.6 is 12.6 Å². The van der Waals surface area contributed by atoms with Gasteiger partial charge in [-0.25, -0.2) is 0 Å². The Morgan fingerprint density at radius 1 is 1.20 bits per heavy atom. The summed E-state index contributed by atoms with van der Waals surface area (Å²) in [5.74, 6) is 0.914. The van der Waals surface area contributed by atoms with Crippen molar-refractivity contribution in [1.29, 1.82) is 0 Å². The SMILES string of the molecule is O=C(CC1(CCc2ccccc2)CCCC1)NCCS. The molecule has 0 aliphatic heterocycles. The fourth-order valence-electron chi connectivity index (χ4n) is 3.29. The number of aryl methyl sites for hydroxylation is 1. The van der Waals surface area contributed by atoms with Crippen LogP contribution in [0.4, 0.5) is 0 Å². The van der Waals surface area contributed by atoms with Crippen LogP contribution in [-0.2, 0) is 11.2 Å². The van der Waals surface area contributed by atoms with E-state index in [2.05, 4.69) is 48.3 Å². The van der Waals surface area contributed by atoms with Gasteiger partial charge in [0.05, 0.1) is 0 Å². The molecule has 0 radical (unpaired) electrons. The molecule has 1 aliphatic rings. The van der Waals surface area contributed by atoms with Gasteiger partial charge < -0.3 is 5.32 Å². The fraction of sp³-hybridized carbons (Fsp3) is 0.588. The highest BCUT2D eigenvalue weighted by molar-refractivity contribution is 7.80. The summed E-state index contributed by atoms with van der Waals surface area (Å²) in [6.45, 7) is 0.677. The van der Waals surface area contributed by atoms with Gasteiger partial charge in [0.1, 0.15) is 0 Å². The number of hydrogen-bond donors (Lipinski definition) is 2. The van der Waals surface area contributed by atoms with Crippen molar-refractivity contribution >= 4 is 18.5 Å². The molecule has 1 aliphatic carbocycles. The second-order valence-electron chi connectivity index (χ2n) is 5.94. The lowest BCUT2D eigenvalue weighted by atomic mass is 9.77. The van der Waals surface area contributed by atoms with Crippen LogP contribution in [0.3, 0.4) is 0 Å². The fourth-order valence-corrected chi connectivity index (χ4v) is 3.40. The van der Waals surface area contributed by atoms with E-state index in [1.807, 2.05) is 0 Å². The van der Waals surface area contributed by atoms with E-state index < -0.39 is 0 Å². The van der Waals surface area contributed by atoms with Crippen LogP contribution in [0.5, 0.6) is 0 Å². The molecule has 0 bridgehead atoms. The van der Waals surface area contributed by atoms with Gasteiger partial charge >= 0.3 is 0 Å². The summed E-state index contributed by atoms with van der Waals surface area (Å²) in [7, 11) is 0. The molecule has 2 nitrogen and oxygen atoms in total. The minimum absolute atomic E-state index is 0.203. The maximum absolute atomic E-state index is 12.0. The van der Waals surface area contributed by atoms with Gasteiger partial charge in [-0.15, -0.1) is 0 Å². The molecule has 0 aromatic heterocycles. The summed E-state index contributed by atoms with van der Waals surface area (Å²) in [5, 5.41) is 2.97. The number of nitrogens with one attached hydrogen (secondary N) is 1. The molecular weight excluding hydrogens is 266 g/mol. The lowest BCUT2D eigenvalue weighted by Gasteiger charge is -2.28. The predicted molar refractivity (Wildman–Crippen MR) is 87.1 cm³/mol. The van der Waals surface area contributed by atoms with Crippen LogP contribution in [0.2, 0.25) is 0 Å². The number of thiol groups is 1. The Kier molecular flexibility index (Phi) is 5.96. The van der Waals surface area contributed by atoms with E-state index in [4.69, 9.17) is 0 Å². The molecule has 1 aromatic rings. The second-order valence-corrected chi connectivity index (χ2v) is 6.39. The standard InChI is InChI=1S/C17H25NOS/c19-16(18-12-13-20)14-17(9-4-5-10-17)11-8-15-6-2-1-3-7-15/h1-3,6-7,20H,4-5,8-14H2,(H,18,19). The summed E-state index contributed by atoms with van der Waals surface area (Å²) >= 11 is 4.14. The number of amides is 1. The van der Waals surface area contributed by atoms with Gasteiger partial charge in [-0.1, -0.05) is 43.2 Å². The lowest BCUT2D eigenvalue weighted by molar-refractivity contribution is -0.123. The molecule has 0 atom stereocenters. The zero-order valence-corrected chi connectivity index (χ0v) is 13.0. The van der Waals surface area contributed by atoms with Crippen molar-refractivity contribution in [3.05, 3.63) is 35.9 Å². The van der Waals surface area contributed by atoms with Crippen molar-refractivity contribution in [1.82, 2.24) is 5.32 Å². The Bertz CT molecular complexity index is 412. The third-order valence-electron chi connectivity index (χ3n) is 4.42. The van der Waals surface area contributed by atoms with Gasteiger partial charge in [0.15, 0.2) is 0 Å². The van der Waals surface area contributed by atoms with Crippen LogP contribution in [0.15, 0.2) is 30.3 Å². The first kappa shape index (κ1) is 15.4. The molecule has 0 heterocycles. The molecule has 20 heavy (non-hydrogen) atoms. The van der Waals surface area contributed by atoms with E-state index in [-0.39, 0.29) is 11.3 Å². The van der Waals surface area contributed by atoms with Gasteiger partial charge in [0.2, 0.25) is 5.91 Å². The zero-order chi connectivity index (χ0) is 14.3. The summed E-state index contributed by atoms with van der Waals surface area (Å²) < 4.78 is 0. The van der Waals surface area contributed by atoms with Gasteiger partial charge in [-0.05, 0) is 36.7 Å². The molecule has 110 valence electrons. The highest BCUT2D eigenvalue weighted by Crippen LogP contribution is 2.44. The number of hydrogen-bond acceptors (Lipinski definition) is 2. The molecule has 1 saturated carbocycles. The average Bonchev–Trinajstić information content (AvgIpc) is 2.93. The highest BCUT2D eigenvalue weighted by Gasteiger charge is 2.35. The summed E-state index contributed by atoms with van der Waals surface area (Å²) in [5.41, 5.74) is 1.62. The van der Waals surface area contributed by atoms with E-state index in [0.29, 0.717) is 18.7 Å².